The summed E-state index contributed by atoms with van der Waals surface area (Å²) in [5.74, 6) is 0.0758. The Morgan fingerprint density at radius 3 is 2.65 bits per heavy atom. The lowest BCUT2D eigenvalue weighted by molar-refractivity contribution is -0.116. The van der Waals surface area contributed by atoms with E-state index in [-0.39, 0.29) is 11.8 Å². The maximum Gasteiger partial charge on any atom is 0.270 e. The van der Waals surface area contributed by atoms with Gasteiger partial charge in [-0.1, -0.05) is 44.2 Å². The van der Waals surface area contributed by atoms with E-state index >= 15 is 0 Å². The first kappa shape index (κ1) is 17.1. The molecule has 122 valence electrons. The van der Waals surface area contributed by atoms with Gasteiger partial charge in [0, 0.05) is 18.3 Å². The average Bonchev–Trinajstić information content (AvgIpc) is 3.00. The molecular formula is C17H21N3O2S. The van der Waals surface area contributed by atoms with Gasteiger partial charge in [0.15, 0.2) is 5.13 Å². The molecule has 0 bridgehead atoms. The van der Waals surface area contributed by atoms with Crippen molar-refractivity contribution in [2.24, 2.45) is 5.92 Å². The van der Waals surface area contributed by atoms with Crippen LogP contribution in [0.15, 0.2) is 35.7 Å². The van der Waals surface area contributed by atoms with Crippen LogP contribution in [-0.2, 0) is 11.2 Å². The summed E-state index contributed by atoms with van der Waals surface area (Å²) in [6, 6.07) is 9.85. The van der Waals surface area contributed by atoms with Crippen LogP contribution < -0.4 is 10.6 Å². The number of rotatable bonds is 7. The molecule has 0 saturated carbocycles. The fraction of sp³-hybridized carbons (Fsp3) is 0.353. The second kappa shape index (κ2) is 8.43. The Morgan fingerprint density at radius 1 is 1.22 bits per heavy atom. The minimum absolute atomic E-state index is 0.0997. The van der Waals surface area contributed by atoms with Crippen LogP contribution in [0.2, 0.25) is 0 Å². The number of nitrogens with one attached hydrogen (secondary N) is 2. The highest BCUT2D eigenvalue weighted by molar-refractivity contribution is 7.14. The van der Waals surface area contributed by atoms with E-state index in [9.17, 15) is 9.59 Å². The van der Waals surface area contributed by atoms with Gasteiger partial charge < -0.3 is 10.6 Å². The van der Waals surface area contributed by atoms with Crippen molar-refractivity contribution in [1.29, 1.82) is 0 Å². The largest absolute Gasteiger partial charge is 0.350 e. The number of nitrogens with zero attached hydrogens (tertiary/aromatic N) is 1. The number of carbonyl (C=O) groups is 2. The summed E-state index contributed by atoms with van der Waals surface area (Å²) in [5.41, 5.74) is 1.46. The molecule has 0 aliphatic carbocycles. The summed E-state index contributed by atoms with van der Waals surface area (Å²) < 4.78 is 0. The van der Waals surface area contributed by atoms with Crippen molar-refractivity contribution in [2.75, 3.05) is 11.9 Å². The van der Waals surface area contributed by atoms with E-state index in [0.717, 1.165) is 5.56 Å². The third-order valence-corrected chi connectivity index (χ3v) is 3.90. The van der Waals surface area contributed by atoms with Gasteiger partial charge in [0.25, 0.3) is 5.91 Å². The Bertz CT molecular complexity index is 653. The van der Waals surface area contributed by atoms with Crippen molar-refractivity contribution in [1.82, 2.24) is 10.3 Å². The van der Waals surface area contributed by atoms with Crippen LogP contribution >= 0.6 is 11.3 Å². The third-order valence-electron chi connectivity index (χ3n) is 3.14. The number of anilines is 1. The fourth-order valence-electron chi connectivity index (χ4n) is 1.91. The van der Waals surface area contributed by atoms with Crippen molar-refractivity contribution in [3.8, 4) is 0 Å². The highest BCUT2D eigenvalue weighted by Crippen LogP contribution is 2.16. The number of hydrogen-bond acceptors (Lipinski definition) is 4. The molecule has 1 heterocycles. The normalized spacial score (nSPS) is 10.6. The zero-order valence-corrected chi connectivity index (χ0v) is 14.2. The zero-order chi connectivity index (χ0) is 16.7. The second-order valence-corrected chi connectivity index (χ2v) is 6.53. The number of aryl methyl sites for hydroxylation is 1. The van der Waals surface area contributed by atoms with Crippen LogP contribution in [0.25, 0.3) is 0 Å². The van der Waals surface area contributed by atoms with Crippen molar-refractivity contribution in [3.05, 3.63) is 47.0 Å². The highest BCUT2D eigenvalue weighted by Gasteiger charge is 2.12. The number of benzene rings is 1. The molecular weight excluding hydrogens is 310 g/mol. The first-order valence-electron chi connectivity index (χ1n) is 7.62. The number of aromatic nitrogens is 1. The molecule has 2 N–H and O–H groups in total. The molecule has 0 saturated heterocycles. The maximum absolute atomic E-state index is 11.9. The summed E-state index contributed by atoms with van der Waals surface area (Å²) in [7, 11) is 0. The quantitative estimate of drug-likeness (QED) is 0.819. The topological polar surface area (TPSA) is 71.1 Å². The number of hydrogen-bond donors (Lipinski definition) is 2. The average molecular weight is 331 g/mol. The van der Waals surface area contributed by atoms with Gasteiger partial charge in [-0.25, -0.2) is 4.98 Å². The van der Waals surface area contributed by atoms with Crippen molar-refractivity contribution in [3.63, 3.8) is 0 Å². The molecule has 0 unspecified atom stereocenters. The van der Waals surface area contributed by atoms with Crippen LogP contribution in [0, 0.1) is 5.92 Å². The Labute approximate surface area is 140 Å². The highest BCUT2D eigenvalue weighted by atomic mass is 32.1. The van der Waals surface area contributed by atoms with Gasteiger partial charge in [0.1, 0.15) is 5.69 Å². The van der Waals surface area contributed by atoms with Gasteiger partial charge in [-0.15, -0.1) is 11.3 Å². The van der Waals surface area contributed by atoms with E-state index in [1.165, 1.54) is 11.3 Å². The Morgan fingerprint density at radius 2 is 1.96 bits per heavy atom. The van der Waals surface area contributed by atoms with Crippen molar-refractivity contribution < 1.29 is 9.59 Å². The third kappa shape index (κ3) is 5.83. The second-order valence-electron chi connectivity index (χ2n) is 5.68. The van der Waals surface area contributed by atoms with Gasteiger partial charge in [0.05, 0.1) is 0 Å². The van der Waals surface area contributed by atoms with E-state index in [1.54, 1.807) is 5.38 Å². The Kier molecular flexibility index (Phi) is 6.29. The maximum atomic E-state index is 11.9. The summed E-state index contributed by atoms with van der Waals surface area (Å²) in [5, 5.41) is 7.66. The zero-order valence-electron chi connectivity index (χ0n) is 13.3. The Hall–Kier alpha value is -2.21. The molecule has 2 rings (SSSR count). The number of thiazole rings is 1. The van der Waals surface area contributed by atoms with E-state index in [0.29, 0.717) is 36.1 Å². The SMILES string of the molecule is CC(C)CNC(=O)c1csc(NC(=O)CCc2ccccc2)n1. The van der Waals surface area contributed by atoms with E-state index in [2.05, 4.69) is 15.6 Å². The van der Waals surface area contributed by atoms with Crippen LogP contribution in [-0.4, -0.2) is 23.3 Å². The van der Waals surface area contributed by atoms with Gasteiger partial charge in [-0.2, -0.15) is 0 Å². The predicted molar refractivity (Wildman–Crippen MR) is 92.7 cm³/mol. The van der Waals surface area contributed by atoms with Gasteiger partial charge >= 0.3 is 0 Å². The Balaban J connectivity index is 1.81. The van der Waals surface area contributed by atoms with E-state index < -0.39 is 0 Å². The summed E-state index contributed by atoms with van der Waals surface area (Å²) >= 11 is 1.26. The standard InChI is InChI=1S/C17H21N3O2S/c1-12(2)10-18-16(22)14-11-23-17(19-14)20-15(21)9-8-13-6-4-3-5-7-13/h3-7,11-12H,8-10H2,1-2H3,(H,18,22)(H,19,20,21). The molecule has 0 atom stereocenters. The van der Waals surface area contributed by atoms with Crippen LogP contribution in [0.5, 0.6) is 0 Å². The molecule has 5 nitrogen and oxygen atoms in total. The summed E-state index contributed by atoms with van der Waals surface area (Å²) in [4.78, 5) is 28.0. The lowest BCUT2D eigenvalue weighted by Gasteiger charge is -2.05. The van der Waals surface area contributed by atoms with Crippen LogP contribution in [0.1, 0.15) is 36.3 Å². The fourth-order valence-corrected chi connectivity index (χ4v) is 2.61. The number of amides is 2. The van der Waals surface area contributed by atoms with Crippen molar-refractivity contribution in [2.45, 2.75) is 26.7 Å². The first-order valence-corrected chi connectivity index (χ1v) is 8.50. The molecule has 1 aromatic carbocycles. The molecule has 0 radical (unpaired) electrons. The molecule has 2 aromatic rings. The van der Waals surface area contributed by atoms with Crippen LogP contribution in [0.4, 0.5) is 5.13 Å². The van der Waals surface area contributed by atoms with E-state index in [4.69, 9.17) is 0 Å². The molecule has 23 heavy (non-hydrogen) atoms. The summed E-state index contributed by atoms with van der Waals surface area (Å²) in [6.45, 7) is 4.66. The van der Waals surface area contributed by atoms with Gasteiger partial charge in [-0.05, 0) is 17.9 Å². The van der Waals surface area contributed by atoms with E-state index in [1.807, 2.05) is 44.2 Å². The van der Waals surface area contributed by atoms with Gasteiger partial charge in [0.2, 0.25) is 5.91 Å². The first-order chi connectivity index (χ1) is 11.0. The minimum Gasteiger partial charge on any atom is -0.350 e. The lowest BCUT2D eigenvalue weighted by atomic mass is 10.1. The predicted octanol–water partition coefficient (Wildman–Crippen LogP) is 3.10. The molecule has 1 aromatic heterocycles. The summed E-state index contributed by atoms with van der Waals surface area (Å²) in [6.07, 6.45) is 1.07. The smallest absolute Gasteiger partial charge is 0.270 e. The van der Waals surface area contributed by atoms with Gasteiger partial charge in [-0.3, -0.25) is 9.59 Å². The minimum atomic E-state index is -0.209. The monoisotopic (exact) mass is 331 g/mol. The molecule has 2 amide bonds. The lowest BCUT2D eigenvalue weighted by Crippen LogP contribution is -2.27. The molecule has 0 fully saturated rings. The molecule has 6 heteroatoms. The van der Waals surface area contributed by atoms with Crippen molar-refractivity contribution >= 4 is 28.3 Å². The molecule has 0 aliphatic rings. The molecule has 0 aliphatic heterocycles. The number of carbonyl (C=O) groups excluding carboxylic acids is 2. The molecule has 0 spiro atoms. The van der Waals surface area contributed by atoms with Crippen LogP contribution in [0.3, 0.4) is 0 Å².